The fourth-order valence-corrected chi connectivity index (χ4v) is 3.37. The molecule has 0 aliphatic rings. The maximum atomic E-state index is 13.5. The van der Waals surface area contributed by atoms with Gasteiger partial charge in [-0.05, 0) is 18.2 Å². The molecule has 2 aromatic rings. The minimum absolute atomic E-state index is 0.0902. The van der Waals surface area contributed by atoms with Gasteiger partial charge in [0.2, 0.25) is 0 Å². The molecule has 112 valence electrons. The fraction of sp³-hybridized carbons (Fsp3) is 0.0909. The lowest BCUT2D eigenvalue weighted by Crippen LogP contribution is -2.17. The average Bonchev–Trinajstić information content (AvgIpc) is 2.68. The van der Waals surface area contributed by atoms with Crippen LogP contribution in [0.3, 0.4) is 0 Å². The summed E-state index contributed by atoms with van der Waals surface area (Å²) in [5.74, 6) is -2.50. The number of carboxylic acids is 1. The van der Waals surface area contributed by atoms with Crippen LogP contribution in [-0.2, 0) is 17.1 Å². The van der Waals surface area contributed by atoms with Crippen molar-refractivity contribution in [1.82, 2.24) is 9.78 Å². The van der Waals surface area contributed by atoms with Crippen LogP contribution in [0.5, 0.6) is 0 Å². The maximum Gasteiger partial charge on any atom is 0.338 e. The second-order valence-electron chi connectivity index (χ2n) is 4.03. The Morgan fingerprint density at radius 3 is 2.62 bits per heavy atom. The number of nitrogens with one attached hydrogen (secondary N) is 1. The van der Waals surface area contributed by atoms with Crippen molar-refractivity contribution in [2.75, 3.05) is 4.72 Å². The quantitative estimate of drug-likeness (QED) is 0.887. The van der Waals surface area contributed by atoms with Crippen LogP contribution in [0, 0.1) is 5.82 Å². The molecule has 2 N–H and O–H groups in total. The number of aromatic carboxylic acids is 1. The molecule has 0 saturated carbocycles. The number of halogens is 2. The molecule has 0 unspecified atom stereocenters. The maximum absolute atomic E-state index is 13.5. The molecule has 0 fully saturated rings. The molecule has 7 nitrogen and oxygen atoms in total. The zero-order valence-corrected chi connectivity index (χ0v) is 12.1. The predicted molar refractivity (Wildman–Crippen MR) is 72.4 cm³/mol. The van der Waals surface area contributed by atoms with Crippen LogP contribution in [0.15, 0.2) is 29.4 Å². The first-order valence-corrected chi connectivity index (χ1v) is 7.31. The Hall–Kier alpha value is -2.13. The molecule has 0 spiro atoms. The molecule has 0 amide bonds. The largest absolute Gasteiger partial charge is 0.478 e. The lowest BCUT2D eigenvalue weighted by Gasteiger charge is -2.09. The van der Waals surface area contributed by atoms with E-state index in [4.69, 9.17) is 16.7 Å². The molecule has 0 bridgehead atoms. The van der Waals surface area contributed by atoms with E-state index in [1.807, 2.05) is 0 Å². The summed E-state index contributed by atoms with van der Waals surface area (Å²) in [7, 11) is -2.69. The first-order valence-electron chi connectivity index (χ1n) is 5.45. The Balaban J connectivity index is 2.38. The van der Waals surface area contributed by atoms with Crippen molar-refractivity contribution in [2.45, 2.75) is 5.03 Å². The summed E-state index contributed by atoms with van der Waals surface area (Å²) in [5.41, 5.74) is -0.689. The topological polar surface area (TPSA) is 101 Å². The number of aryl methyl sites for hydroxylation is 1. The molecule has 0 atom stereocenters. The van der Waals surface area contributed by atoms with Crippen molar-refractivity contribution < 1.29 is 22.7 Å². The lowest BCUT2D eigenvalue weighted by atomic mass is 10.2. The molecule has 1 heterocycles. The van der Waals surface area contributed by atoms with Gasteiger partial charge in [0.05, 0.1) is 22.5 Å². The molecule has 10 heteroatoms. The van der Waals surface area contributed by atoms with Gasteiger partial charge in [-0.1, -0.05) is 11.6 Å². The van der Waals surface area contributed by atoms with Crippen LogP contribution in [-0.4, -0.2) is 29.3 Å². The molecule has 2 rings (SSSR count). The minimum atomic E-state index is -4.08. The zero-order valence-electron chi connectivity index (χ0n) is 10.5. The van der Waals surface area contributed by atoms with Gasteiger partial charge < -0.3 is 5.11 Å². The van der Waals surface area contributed by atoms with E-state index in [2.05, 4.69) is 9.82 Å². The number of benzene rings is 1. The van der Waals surface area contributed by atoms with E-state index in [9.17, 15) is 17.6 Å². The summed E-state index contributed by atoms with van der Waals surface area (Å²) in [4.78, 5) is 10.7. The smallest absolute Gasteiger partial charge is 0.338 e. The Labute approximate surface area is 124 Å². The third-order valence-electron chi connectivity index (χ3n) is 2.55. The Morgan fingerprint density at radius 1 is 1.48 bits per heavy atom. The van der Waals surface area contributed by atoms with Crippen molar-refractivity contribution in [3.8, 4) is 0 Å². The number of anilines is 1. The van der Waals surface area contributed by atoms with Gasteiger partial charge in [0.1, 0.15) is 5.82 Å². The van der Waals surface area contributed by atoms with Gasteiger partial charge in [-0.2, -0.15) is 13.5 Å². The molecule has 0 aliphatic heterocycles. The summed E-state index contributed by atoms with van der Waals surface area (Å²) in [5, 5.41) is 12.0. The Kier molecular flexibility index (Phi) is 3.88. The second kappa shape index (κ2) is 5.34. The predicted octanol–water partition coefficient (Wildman–Crippen LogP) is 1.71. The van der Waals surface area contributed by atoms with E-state index < -0.39 is 27.4 Å². The summed E-state index contributed by atoms with van der Waals surface area (Å²) in [6.45, 7) is 0. The number of carbonyl (C=O) groups is 1. The molecule has 1 aromatic heterocycles. The summed E-state index contributed by atoms with van der Waals surface area (Å²) < 4.78 is 40.9. The van der Waals surface area contributed by atoms with Crippen LogP contribution in [0.1, 0.15) is 10.4 Å². The Bertz CT molecular complexity index is 799. The fourth-order valence-electron chi connectivity index (χ4n) is 1.66. The summed E-state index contributed by atoms with van der Waals surface area (Å²) in [6, 6.07) is 2.86. The molecule has 0 aliphatic carbocycles. The van der Waals surface area contributed by atoms with Gasteiger partial charge >= 0.3 is 5.97 Å². The van der Waals surface area contributed by atoms with Crippen LogP contribution in [0.25, 0.3) is 0 Å². The van der Waals surface area contributed by atoms with E-state index in [-0.39, 0.29) is 15.7 Å². The summed E-state index contributed by atoms with van der Waals surface area (Å²) >= 11 is 5.74. The van der Waals surface area contributed by atoms with E-state index >= 15 is 0 Å². The number of sulfonamides is 1. The van der Waals surface area contributed by atoms with Crippen molar-refractivity contribution in [3.63, 3.8) is 0 Å². The number of rotatable bonds is 4. The van der Waals surface area contributed by atoms with E-state index in [0.717, 1.165) is 29.1 Å². The highest BCUT2D eigenvalue weighted by atomic mass is 35.5. The van der Waals surface area contributed by atoms with Gasteiger partial charge in [0.15, 0.2) is 5.03 Å². The minimum Gasteiger partial charge on any atom is -0.478 e. The SMILES string of the molecule is Cn1ncc(Cl)c1S(=O)(=O)Nc1ccc(C(=O)O)c(F)c1. The van der Waals surface area contributed by atoms with Crippen molar-refractivity contribution in [1.29, 1.82) is 0 Å². The highest BCUT2D eigenvalue weighted by Crippen LogP contribution is 2.23. The van der Waals surface area contributed by atoms with Gasteiger partial charge in [-0.15, -0.1) is 0 Å². The number of carboxylic acid groups (broad SMARTS) is 1. The van der Waals surface area contributed by atoms with Crippen LogP contribution >= 0.6 is 11.6 Å². The van der Waals surface area contributed by atoms with Crippen LogP contribution in [0.2, 0.25) is 5.02 Å². The molecule has 1 aromatic carbocycles. The third-order valence-corrected chi connectivity index (χ3v) is 4.44. The van der Waals surface area contributed by atoms with Gasteiger partial charge in [0.25, 0.3) is 10.0 Å². The molecule has 0 saturated heterocycles. The van der Waals surface area contributed by atoms with Gasteiger partial charge in [-0.25, -0.2) is 9.18 Å². The molecular formula is C11H9ClFN3O4S. The van der Waals surface area contributed by atoms with Crippen LogP contribution in [0.4, 0.5) is 10.1 Å². The molecule has 21 heavy (non-hydrogen) atoms. The van der Waals surface area contributed by atoms with E-state index in [0.29, 0.717) is 0 Å². The number of hydrogen-bond acceptors (Lipinski definition) is 4. The Morgan fingerprint density at radius 2 is 2.14 bits per heavy atom. The van der Waals surface area contributed by atoms with Crippen LogP contribution < -0.4 is 4.72 Å². The highest BCUT2D eigenvalue weighted by molar-refractivity contribution is 7.92. The number of hydrogen-bond donors (Lipinski definition) is 2. The standard InChI is InChI=1S/C11H9ClFN3O4S/c1-16-10(8(12)5-14-16)21(19,20)15-6-2-3-7(11(17)18)9(13)4-6/h2-5,15H,1H3,(H,17,18). The van der Waals surface area contributed by atoms with E-state index in [1.165, 1.54) is 7.05 Å². The van der Waals surface area contributed by atoms with Crippen molar-refractivity contribution in [2.24, 2.45) is 7.05 Å². The monoisotopic (exact) mass is 333 g/mol. The number of aromatic nitrogens is 2. The van der Waals surface area contributed by atoms with Crippen molar-refractivity contribution >= 4 is 33.3 Å². The van der Waals surface area contributed by atoms with E-state index in [1.54, 1.807) is 0 Å². The first-order chi connectivity index (χ1) is 9.72. The summed E-state index contributed by atoms with van der Waals surface area (Å²) in [6.07, 6.45) is 1.16. The third kappa shape index (κ3) is 2.98. The normalized spacial score (nSPS) is 11.4. The average molecular weight is 334 g/mol. The second-order valence-corrected chi connectivity index (χ2v) is 6.03. The lowest BCUT2D eigenvalue weighted by molar-refractivity contribution is 0.0692. The highest BCUT2D eigenvalue weighted by Gasteiger charge is 2.23. The zero-order chi connectivity index (χ0) is 15.8. The molecule has 0 radical (unpaired) electrons. The first kappa shape index (κ1) is 15.3. The van der Waals surface area contributed by atoms with Crippen molar-refractivity contribution in [3.05, 3.63) is 40.8 Å². The molecular weight excluding hydrogens is 325 g/mol. The van der Waals surface area contributed by atoms with Gasteiger partial charge in [0, 0.05) is 7.05 Å². The number of nitrogens with zero attached hydrogens (tertiary/aromatic N) is 2. The van der Waals surface area contributed by atoms with Gasteiger partial charge in [-0.3, -0.25) is 9.40 Å².